The maximum Gasteiger partial charge on any atom is 0.408 e. The van der Waals surface area contributed by atoms with Gasteiger partial charge in [0.2, 0.25) is 0 Å². The molecule has 0 saturated heterocycles. The van der Waals surface area contributed by atoms with Gasteiger partial charge in [-0.3, -0.25) is 0 Å². The van der Waals surface area contributed by atoms with Gasteiger partial charge in [-0.2, -0.15) is 5.10 Å². The minimum Gasteiger partial charge on any atom is -0.444 e. The number of aromatic nitrogens is 3. The zero-order valence-corrected chi connectivity index (χ0v) is 18.0. The van der Waals surface area contributed by atoms with Crippen molar-refractivity contribution in [2.45, 2.75) is 46.3 Å². The van der Waals surface area contributed by atoms with E-state index < -0.39 is 17.7 Å². The van der Waals surface area contributed by atoms with Crippen LogP contribution in [0, 0.1) is 12.7 Å². The van der Waals surface area contributed by atoms with Gasteiger partial charge in [0.05, 0.1) is 11.6 Å². The van der Waals surface area contributed by atoms with Gasteiger partial charge in [0.25, 0.3) is 0 Å². The molecule has 2 heterocycles. The molecule has 1 amide bonds. The SMILES string of the molecule is Cc1c([C@@H](C)NC(=O)OC(C)(C)C)ccc(-c2ncnn3cc(Br)cc23)c1F. The molecule has 2 aromatic heterocycles. The van der Waals surface area contributed by atoms with Gasteiger partial charge in [-0.15, -0.1) is 0 Å². The highest BCUT2D eigenvalue weighted by Crippen LogP contribution is 2.31. The Balaban J connectivity index is 1.94. The van der Waals surface area contributed by atoms with Crippen LogP contribution in [0.4, 0.5) is 9.18 Å². The number of amides is 1. The molecule has 0 spiro atoms. The van der Waals surface area contributed by atoms with E-state index in [-0.39, 0.29) is 5.82 Å². The summed E-state index contributed by atoms with van der Waals surface area (Å²) in [5.74, 6) is -0.381. The average molecular weight is 449 g/mol. The topological polar surface area (TPSA) is 68.5 Å². The van der Waals surface area contributed by atoms with E-state index in [9.17, 15) is 4.79 Å². The summed E-state index contributed by atoms with van der Waals surface area (Å²) in [6.45, 7) is 8.85. The predicted molar refractivity (Wildman–Crippen MR) is 109 cm³/mol. The second-order valence-electron chi connectivity index (χ2n) is 7.61. The van der Waals surface area contributed by atoms with Gasteiger partial charge in [0.1, 0.15) is 23.4 Å². The predicted octanol–water partition coefficient (Wildman–Crippen LogP) is 5.19. The highest BCUT2D eigenvalue weighted by molar-refractivity contribution is 9.10. The van der Waals surface area contributed by atoms with Crippen molar-refractivity contribution >= 4 is 27.5 Å². The molecule has 1 atom stereocenters. The quantitative estimate of drug-likeness (QED) is 0.598. The van der Waals surface area contributed by atoms with Crippen LogP contribution in [0.5, 0.6) is 0 Å². The van der Waals surface area contributed by atoms with Gasteiger partial charge in [-0.25, -0.2) is 18.7 Å². The van der Waals surface area contributed by atoms with E-state index in [1.165, 1.54) is 6.33 Å². The lowest BCUT2D eigenvalue weighted by Gasteiger charge is -2.23. The first-order valence-corrected chi connectivity index (χ1v) is 9.64. The third-order valence-corrected chi connectivity index (χ3v) is 4.69. The van der Waals surface area contributed by atoms with Gasteiger partial charge < -0.3 is 10.1 Å². The molecule has 6 nitrogen and oxygen atoms in total. The molecule has 1 aromatic carbocycles. The summed E-state index contributed by atoms with van der Waals surface area (Å²) < 4.78 is 23.0. The first-order chi connectivity index (χ1) is 13.1. The van der Waals surface area contributed by atoms with Gasteiger partial charge >= 0.3 is 6.09 Å². The minimum atomic E-state index is -0.599. The van der Waals surface area contributed by atoms with Crippen molar-refractivity contribution in [3.63, 3.8) is 0 Å². The highest BCUT2D eigenvalue weighted by Gasteiger charge is 2.22. The van der Waals surface area contributed by atoms with Crippen LogP contribution in [0.25, 0.3) is 16.8 Å². The van der Waals surface area contributed by atoms with E-state index in [1.54, 1.807) is 57.5 Å². The number of hydrogen-bond donors (Lipinski definition) is 1. The Labute approximate surface area is 171 Å². The Morgan fingerprint density at radius 1 is 1.36 bits per heavy atom. The molecular formula is C20H22BrFN4O2. The molecule has 0 saturated carbocycles. The Morgan fingerprint density at radius 3 is 2.75 bits per heavy atom. The number of hydrogen-bond acceptors (Lipinski definition) is 4. The summed E-state index contributed by atoms with van der Waals surface area (Å²) in [5.41, 5.74) is 2.10. The van der Waals surface area contributed by atoms with E-state index in [4.69, 9.17) is 4.74 Å². The third-order valence-electron chi connectivity index (χ3n) is 4.26. The molecule has 3 rings (SSSR count). The summed E-state index contributed by atoms with van der Waals surface area (Å²) in [7, 11) is 0. The largest absolute Gasteiger partial charge is 0.444 e. The van der Waals surface area contributed by atoms with E-state index in [0.29, 0.717) is 27.9 Å². The monoisotopic (exact) mass is 448 g/mol. The van der Waals surface area contributed by atoms with Crippen LogP contribution in [0.1, 0.15) is 44.9 Å². The summed E-state index contributed by atoms with van der Waals surface area (Å²) in [6.07, 6.45) is 2.64. The minimum absolute atomic E-state index is 0.378. The second kappa shape index (κ2) is 7.50. The van der Waals surface area contributed by atoms with Crippen LogP contribution in [-0.2, 0) is 4.74 Å². The van der Waals surface area contributed by atoms with Gasteiger partial charge in [0.15, 0.2) is 0 Å². The number of fused-ring (bicyclic) bond motifs is 1. The number of alkyl carbamates (subject to hydrolysis) is 1. The third kappa shape index (κ3) is 4.16. The van der Waals surface area contributed by atoms with Crippen molar-refractivity contribution in [1.82, 2.24) is 19.9 Å². The van der Waals surface area contributed by atoms with Crippen LogP contribution in [-0.4, -0.2) is 26.3 Å². The molecule has 0 fully saturated rings. The molecule has 148 valence electrons. The smallest absolute Gasteiger partial charge is 0.408 e. The van der Waals surface area contributed by atoms with Crippen LogP contribution in [0.3, 0.4) is 0 Å². The van der Waals surface area contributed by atoms with Crippen LogP contribution in [0.15, 0.2) is 35.2 Å². The standard InChI is InChI=1S/C20H22BrFN4O2/c1-11-14(12(2)25-19(27)28-20(3,4)5)6-7-15(17(11)22)18-16-8-13(21)9-26(16)24-10-23-18/h6-10,12H,1-5H3,(H,25,27)/t12-/m1/s1. The average Bonchev–Trinajstić information content (AvgIpc) is 2.95. The fraction of sp³-hybridized carbons (Fsp3) is 0.350. The number of carbonyl (C=O) groups excluding carboxylic acids is 1. The Bertz CT molecular complexity index is 1040. The fourth-order valence-corrected chi connectivity index (χ4v) is 3.43. The molecule has 0 unspecified atom stereocenters. The van der Waals surface area contributed by atoms with Crippen LogP contribution < -0.4 is 5.32 Å². The number of nitrogens with zero attached hydrogens (tertiary/aromatic N) is 3. The van der Waals surface area contributed by atoms with E-state index in [0.717, 1.165) is 4.47 Å². The van der Waals surface area contributed by atoms with Gasteiger partial charge in [-0.1, -0.05) is 6.07 Å². The molecule has 28 heavy (non-hydrogen) atoms. The Kier molecular flexibility index (Phi) is 5.43. The Hall–Kier alpha value is -2.48. The van der Waals surface area contributed by atoms with Gasteiger partial charge in [0, 0.05) is 16.2 Å². The van der Waals surface area contributed by atoms with Crippen molar-refractivity contribution < 1.29 is 13.9 Å². The first-order valence-electron chi connectivity index (χ1n) is 8.84. The van der Waals surface area contributed by atoms with Crippen LogP contribution in [0.2, 0.25) is 0 Å². The fourth-order valence-electron chi connectivity index (χ4n) is 3.02. The summed E-state index contributed by atoms with van der Waals surface area (Å²) in [5, 5.41) is 6.89. The molecular weight excluding hydrogens is 427 g/mol. The summed E-state index contributed by atoms with van der Waals surface area (Å²) >= 11 is 3.40. The lowest BCUT2D eigenvalue weighted by atomic mass is 9.97. The molecule has 3 aromatic rings. The molecule has 0 aliphatic rings. The zero-order chi connectivity index (χ0) is 20.6. The maximum absolute atomic E-state index is 15.2. The highest BCUT2D eigenvalue weighted by atomic mass is 79.9. The van der Waals surface area contributed by atoms with Crippen molar-refractivity contribution in [1.29, 1.82) is 0 Å². The second-order valence-corrected chi connectivity index (χ2v) is 8.52. The molecule has 0 aliphatic heterocycles. The number of halogens is 2. The first kappa shape index (κ1) is 20.3. The van der Waals surface area contributed by atoms with E-state index in [1.807, 2.05) is 6.07 Å². The number of ether oxygens (including phenoxy) is 1. The van der Waals surface area contributed by atoms with Crippen molar-refractivity contribution in [3.8, 4) is 11.3 Å². The van der Waals surface area contributed by atoms with E-state index >= 15 is 4.39 Å². The number of nitrogens with one attached hydrogen (secondary N) is 1. The number of carbonyl (C=O) groups is 1. The molecule has 0 radical (unpaired) electrons. The van der Waals surface area contributed by atoms with Crippen molar-refractivity contribution in [3.05, 3.63) is 52.1 Å². The number of rotatable bonds is 3. The lowest BCUT2D eigenvalue weighted by Crippen LogP contribution is -2.34. The normalized spacial score (nSPS) is 12.8. The Morgan fingerprint density at radius 2 is 2.07 bits per heavy atom. The van der Waals surface area contributed by atoms with Crippen LogP contribution >= 0.6 is 15.9 Å². The maximum atomic E-state index is 15.2. The molecule has 8 heteroatoms. The lowest BCUT2D eigenvalue weighted by molar-refractivity contribution is 0.0507. The summed E-state index contributed by atoms with van der Waals surface area (Å²) in [6, 6.07) is 4.90. The molecule has 1 N–H and O–H groups in total. The zero-order valence-electron chi connectivity index (χ0n) is 16.4. The molecule has 0 bridgehead atoms. The van der Waals surface area contributed by atoms with Gasteiger partial charge in [-0.05, 0) is 73.8 Å². The summed E-state index contributed by atoms with van der Waals surface area (Å²) in [4.78, 5) is 16.3. The van der Waals surface area contributed by atoms with Crippen molar-refractivity contribution in [2.75, 3.05) is 0 Å². The number of benzene rings is 1. The molecule has 0 aliphatic carbocycles. The van der Waals surface area contributed by atoms with E-state index in [2.05, 4.69) is 31.3 Å². The van der Waals surface area contributed by atoms with Crippen molar-refractivity contribution in [2.24, 2.45) is 0 Å².